The summed E-state index contributed by atoms with van der Waals surface area (Å²) in [6.45, 7) is 4.01. The Morgan fingerprint density at radius 3 is 2.50 bits per heavy atom. The molecule has 7 nitrogen and oxygen atoms in total. The van der Waals surface area contributed by atoms with Crippen LogP contribution in [0.3, 0.4) is 0 Å². The van der Waals surface area contributed by atoms with Gasteiger partial charge in [-0.2, -0.15) is 0 Å². The van der Waals surface area contributed by atoms with Gasteiger partial charge in [-0.15, -0.1) is 0 Å². The van der Waals surface area contributed by atoms with Gasteiger partial charge in [0.2, 0.25) is 5.91 Å². The van der Waals surface area contributed by atoms with Gasteiger partial charge in [-0.05, 0) is 19.8 Å². The summed E-state index contributed by atoms with van der Waals surface area (Å²) in [5.41, 5.74) is 4.56. The number of carbonyl (C=O) groups excluding carboxylic acids is 2. The molecule has 1 unspecified atom stereocenters. The minimum absolute atomic E-state index is 0.226. The van der Waals surface area contributed by atoms with Crippen LogP contribution < -0.4 is 11.1 Å². The lowest BCUT2D eigenvalue weighted by molar-refractivity contribution is -0.139. The number of carbonyl (C=O) groups is 3. The molecule has 0 saturated carbocycles. The molecular weight excluding hydrogens is 238 g/mol. The van der Waals surface area contributed by atoms with E-state index in [1.807, 2.05) is 0 Å². The summed E-state index contributed by atoms with van der Waals surface area (Å²) in [5, 5.41) is 11.3. The van der Waals surface area contributed by atoms with Crippen molar-refractivity contribution in [3.05, 3.63) is 0 Å². The molecular formula is C11H19N3O4. The fraction of sp³-hybridized carbons (Fsp3) is 0.727. The topological polar surface area (TPSA) is 113 Å². The normalized spacial score (nSPS) is 24.7. The van der Waals surface area contributed by atoms with E-state index in [-0.39, 0.29) is 6.54 Å². The van der Waals surface area contributed by atoms with Crippen molar-refractivity contribution in [2.75, 3.05) is 13.1 Å². The fourth-order valence-corrected chi connectivity index (χ4v) is 1.91. The van der Waals surface area contributed by atoms with E-state index in [2.05, 4.69) is 5.32 Å². The van der Waals surface area contributed by atoms with Crippen molar-refractivity contribution in [3.63, 3.8) is 0 Å². The first kappa shape index (κ1) is 14.3. The Balaban J connectivity index is 2.60. The van der Waals surface area contributed by atoms with Crippen molar-refractivity contribution < 1.29 is 19.5 Å². The number of aliphatic carboxylic acids is 1. The molecule has 0 aromatic rings. The number of amides is 3. The summed E-state index contributed by atoms with van der Waals surface area (Å²) in [6, 6.07) is -1.37. The van der Waals surface area contributed by atoms with E-state index in [0.29, 0.717) is 19.4 Å². The van der Waals surface area contributed by atoms with Crippen LogP contribution in [0.15, 0.2) is 0 Å². The van der Waals surface area contributed by atoms with Crippen LogP contribution in [-0.2, 0) is 9.59 Å². The molecule has 0 aromatic heterocycles. The van der Waals surface area contributed by atoms with Gasteiger partial charge in [0.15, 0.2) is 0 Å². The second kappa shape index (κ2) is 5.24. The molecule has 1 rings (SSSR count). The lowest BCUT2D eigenvalue weighted by Crippen LogP contribution is -2.48. The van der Waals surface area contributed by atoms with E-state index in [4.69, 9.17) is 10.8 Å². The summed E-state index contributed by atoms with van der Waals surface area (Å²) in [7, 11) is 0. The van der Waals surface area contributed by atoms with E-state index in [9.17, 15) is 14.4 Å². The lowest BCUT2D eigenvalue weighted by atomic mass is 9.89. The van der Waals surface area contributed by atoms with Crippen molar-refractivity contribution in [1.82, 2.24) is 10.2 Å². The van der Waals surface area contributed by atoms with Gasteiger partial charge >= 0.3 is 12.0 Å². The molecule has 7 heteroatoms. The van der Waals surface area contributed by atoms with Gasteiger partial charge in [0.05, 0.1) is 5.41 Å². The van der Waals surface area contributed by atoms with Gasteiger partial charge in [0, 0.05) is 13.1 Å². The van der Waals surface area contributed by atoms with Crippen LogP contribution in [-0.4, -0.2) is 47.0 Å². The predicted molar refractivity (Wildman–Crippen MR) is 63.7 cm³/mol. The largest absolute Gasteiger partial charge is 0.480 e. The summed E-state index contributed by atoms with van der Waals surface area (Å²) < 4.78 is 0. The lowest BCUT2D eigenvalue weighted by Gasteiger charge is -2.22. The van der Waals surface area contributed by atoms with Crippen molar-refractivity contribution in [2.24, 2.45) is 11.1 Å². The monoisotopic (exact) mass is 257 g/mol. The van der Waals surface area contributed by atoms with Crippen molar-refractivity contribution in [1.29, 1.82) is 0 Å². The second-order valence-corrected chi connectivity index (χ2v) is 4.85. The number of nitrogens with two attached hydrogens (primary N) is 1. The molecule has 0 spiro atoms. The van der Waals surface area contributed by atoms with Gasteiger partial charge in [-0.3, -0.25) is 4.79 Å². The molecule has 1 aliphatic heterocycles. The van der Waals surface area contributed by atoms with E-state index >= 15 is 0 Å². The third kappa shape index (κ3) is 2.91. The Kier molecular flexibility index (Phi) is 4.15. The molecule has 0 radical (unpaired) electrons. The Hall–Kier alpha value is -1.79. The van der Waals surface area contributed by atoms with E-state index in [0.717, 1.165) is 0 Å². The standard InChI is InChI=1S/C11H19N3O4/c1-3-7(8(15)16)13-10(18)14-5-4-11(2,6-14)9(12)17/h7H,3-6H2,1-2H3,(H2,12,17)(H,13,18)(H,15,16)/t7-,11?/m0/s1. The predicted octanol–water partition coefficient (Wildman–Crippen LogP) is -0.243. The van der Waals surface area contributed by atoms with Crippen LogP contribution in [0, 0.1) is 5.41 Å². The SMILES string of the molecule is CC[C@H](NC(=O)N1CCC(C)(C(N)=O)C1)C(=O)O. The first-order valence-corrected chi connectivity index (χ1v) is 5.88. The number of nitrogens with one attached hydrogen (secondary N) is 1. The Bertz CT molecular complexity index is 371. The highest BCUT2D eigenvalue weighted by Gasteiger charge is 2.41. The summed E-state index contributed by atoms with van der Waals surface area (Å²) in [4.78, 5) is 35.3. The number of carboxylic acids is 1. The first-order valence-electron chi connectivity index (χ1n) is 5.88. The van der Waals surface area contributed by atoms with Crippen molar-refractivity contribution in [3.8, 4) is 0 Å². The number of hydrogen-bond acceptors (Lipinski definition) is 3. The molecule has 102 valence electrons. The fourth-order valence-electron chi connectivity index (χ4n) is 1.91. The molecule has 1 aliphatic rings. The minimum Gasteiger partial charge on any atom is -0.480 e. The summed E-state index contributed by atoms with van der Waals surface area (Å²) in [6.07, 6.45) is 0.807. The number of nitrogens with zero attached hydrogens (tertiary/aromatic N) is 1. The highest BCUT2D eigenvalue weighted by atomic mass is 16.4. The summed E-state index contributed by atoms with van der Waals surface area (Å²) in [5.74, 6) is -1.51. The third-order valence-electron chi connectivity index (χ3n) is 3.36. The summed E-state index contributed by atoms with van der Waals surface area (Å²) >= 11 is 0. The van der Waals surface area contributed by atoms with Gasteiger partial charge in [-0.25, -0.2) is 9.59 Å². The smallest absolute Gasteiger partial charge is 0.326 e. The van der Waals surface area contributed by atoms with E-state index in [1.165, 1.54) is 4.90 Å². The molecule has 18 heavy (non-hydrogen) atoms. The second-order valence-electron chi connectivity index (χ2n) is 4.85. The first-order chi connectivity index (χ1) is 8.30. The highest BCUT2D eigenvalue weighted by Crippen LogP contribution is 2.29. The Morgan fingerprint density at radius 2 is 2.11 bits per heavy atom. The third-order valence-corrected chi connectivity index (χ3v) is 3.36. The van der Waals surface area contributed by atoms with Gasteiger partial charge in [0.1, 0.15) is 6.04 Å². The van der Waals surface area contributed by atoms with Crippen LogP contribution in [0.2, 0.25) is 0 Å². The number of hydrogen-bond donors (Lipinski definition) is 3. The average Bonchev–Trinajstić information content (AvgIpc) is 2.69. The molecule has 4 N–H and O–H groups in total. The van der Waals surface area contributed by atoms with E-state index < -0.39 is 29.4 Å². The van der Waals surface area contributed by atoms with Gasteiger partial charge < -0.3 is 21.1 Å². The molecule has 2 atom stereocenters. The maximum Gasteiger partial charge on any atom is 0.326 e. The Morgan fingerprint density at radius 1 is 1.50 bits per heavy atom. The quantitative estimate of drug-likeness (QED) is 0.644. The molecule has 0 aliphatic carbocycles. The van der Waals surface area contributed by atoms with Crippen LogP contribution >= 0.6 is 0 Å². The Labute approximate surface area is 105 Å². The number of rotatable bonds is 4. The molecule has 0 aromatic carbocycles. The highest BCUT2D eigenvalue weighted by molar-refractivity contribution is 5.85. The maximum absolute atomic E-state index is 11.8. The zero-order chi connectivity index (χ0) is 13.9. The van der Waals surface area contributed by atoms with Crippen LogP contribution in [0.1, 0.15) is 26.7 Å². The van der Waals surface area contributed by atoms with E-state index in [1.54, 1.807) is 13.8 Å². The molecule has 1 fully saturated rings. The zero-order valence-corrected chi connectivity index (χ0v) is 10.6. The average molecular weight is 257 g/mol. The maximum atomic E-state index is 11.8. The number of likely N-dealkylation sites (tertiary alicyclic amines) is 1. The van der Waals surface area contributed by atoms with Crippen molar-refractivity contribution >= 4 is 17.9 Å². The van der Waals surface area contributed by atoms with Crippen molar-refractivity contribution in [2.45, 2.75) is 32.7 Å². The molecule has 0 bridgehead atoms. The molecule has 1 heterocycles. The number of primary amides is 1. The van der Waals surface area contributed by atoms with Crippen LogP contribution in [0.4, 0.5) is 4.79 Å². The van der Waals surface area contributed by atoms with Crippen LogP contribution in [0.25, 0.3) is 0 Å². The molecule has 1 saturated heterocycles. The van der Waals surface area contributed by atoms with Gasteiger partial charge in [0.25, 0.3) is 0 Å². The van der Waals surface area contributed by atoms with Crippen LogP contribution in [0.5, 0.6) is 0 Å². The molecule has 3 amide bonds. The zero-order valence-electron chi connectivity index (χ0n) is 10.6. The number of urea groups is 1. The van der Waals surface area contributed by atoms with Gasteiger partial charge in [-0.1, -0.05) is 6.92 Å². The number of carboxylic acid groups (broad SMARTS) is 1. The minimum atomic E-state index is -1.07.